The number of aliphatic hydroxyl groups is 3. The first-order valence-electron chi connectivity index (χ1n) is 7.50. The molecule has 132 valence electrons. The quantitative estimate of drug-likeness (QED) is 0.346. The molecule has 10 nitrogen and oxygen atoms in total. The summed E-state index contributed by atoms with van der Waals surface area (Å²) in [6.45, 7) is -0.423. The number of nitrogen functional groups attached to an aromatic ring is 1. The molecule has 0 spiro atoms. The molecule has 1 aliphatic heterocycles. The van der Waals surface area contributed by atoms with Crippen LogP contribution in [0.1, 0.15) is 6.23 Å². The van der Waals surface area contributed by atoms with Crippen molar-refractivity contribution in [2.75, 3.05) is 18.6 Å². The number of rotatable bonds is 3. The number of anilines is 1. The van der Waals surface area contributed by atoms with Gasteiger partial charge in [-0.25, -0.2) is 19.9 Å². The second-order valence-corrected chi connectivity index (χ2v) is 6.43. The van der Waals surface area contributed by atoms with Crippen LogP contribution in [-0.2, 0) is 4.74 Å². The van der Waals surface area contributed by atoms with Gasteiger partial charge < -0.3 is 25.8 Å². The Kier molecular flexibility index (Phi) is 3.96. The maximum atomic E-state index is 10.4. The van der Waals surface area contributed by atoms with Crippen LogP contribution in [0.5, 0.6) is 0 Å². The fourth-order valence-electron chi connectivity index (χ4n) is 3.16. The van der Waals surface area contributed by atoms with Gasteiger partial charge in [-0.05, 0) is 6.26 Å². The van der Waals surface area contributed by atoms with E-state index in [1.807, 2.05) is 6.26 Å². The number of aromatic nitrogens is 5. The molecule has 3 aromatic heterocycles. The first kappa shape index (κ1) is 16.4. The van der Waals surface area contributed by atoms with Gasteiger partial charge in [-0.1, -0.05) is 0 Å². The summed E-state index contributed by atoms with van der Waals surface area (Å²) in [6.07, 6.45) is 0.190. The monoisotopic (exact) mass is 364 g/mol. The molecule has 0 radical (unpaired) electrons. The smallest absolute Gasteiger partial charge is 0.166 e. The molecule has 5 N–H and O–H groups in total. The number of hydrogen-bond acceptors (Lipinski definition) is 10. The van der Waals surface area contributed by atoms with Crippen molar-refractivity contribution in [1.82, 2.24) is 24.5 Å². The zero-order valence-electron chi connectivity index (χ0n) is 13.1. The van der Waals surface area contributed by atoms with Crippen LogP contribution in [0, 0.1) is 0 Å². The predicted octanol–water partition coefficient (Wildman–Crippen LogP) is -0.710. The van der Waals surface area contributed by atoms with E-state index in [9.17, 15) is 15.3 Å². The number of ether oxygens (including phenoxy) is 1. The zero-order chi connectivity index (χ0) is 17.7. The zero-order valence-corrected chi connectivity index (χ0v) is 14.0. The van der Waals surface area contributed by atoms with Gasteiger partial charge in [0.25, 0.3) is 0 Å². The van der Waals surface area contributed by atoms with E-state index in [0.29, 0.717) is 27.1 Å². The molecule has 4 rings (SSSR count). The Balaban J connectivity index is 2.05. The van der Waals surface area contributed by atoms with Crippen LogP contribution in [0.25, 0.3) is 22.1 Å². The van der Waals surface area contributed by atoms with Gasteiger partial charge in [0.2, 0.25) is 0 Å². The molecule has 0 saturated carbocycles. The van der Waals surface area contributed by atoms with Gasteiger partial charge in [-0.15, -0.1) is 11.8 Å². The summed E-state index contributed by atoms with van der Waals surface area (Å²) in [5.74, 6) is 0.255. The first-order chi connectivity index (χ1) is 12.1. The summed E-state index contributed by atoms with van der Waals surface area (Å²) in [5.41, 5.74) is 6.92. The van der Waals surface area contributed by atoms with Crippen LogP contribution < -0.4 is 5.73 Å². The van der Waals surface area contributed by atoms with Crippen molar-refractivity contribution >= 4 is 39.6 Å². The summed E-state index contributed by atoms with van der Waals surface area (Å²) < 4.78 is 7.22. The largest absolute Gasteiger partial charge is 0.394 e. The second kappa shape index (κ2) is 6.04. The van der Waals surface area contributed by atoms with Crippen molar-refractivity contribution in [3.05, 3.63) is 12.7 Å². The van der Waals surface area contributed by atoms with E-state index >= 15 is 0 Å². The highest BCUT2D eigenvalue weighted by Gasteiger charge is 2.45. The molecule has 1 aliphatic rings. The van der Waals surface area contributed by atoms with Crippen molar-refractivity contribution in [2.45, 2.75) is 29.6 Å². The lowest BCUT2D eigenvalue weighted by atomic mass is 10.1. The third-order valence-electron chi connectivity index (χ3n) is 4.32. The Labute approximate surface area is 145 Å². The van der Waals surface area contributed by atoms with E-state index in [2.05, 4.69) is 19.9 Å². The average Bonchev–Trinajstić information content (AvgIpc) is 3.10. The van der Waals surface area contributed by atoms with Gasteiger partial charge in [0.05, 0.1) is 17.4 Å². The Bertz CT molecular complexity index is 950. The molecule has 25 heavy (non-hydrogen) atoms. The Morgan fingerprint density at radius 3 is 2.44 bits per heavy atom. The Morgan fingerprint density at radius 2 is 1.80 bits per heavy atom. The Hall–Kier alpha value is -2.05. The summed E-state index contributed by atoms with van der Waals surface area (Å²) in [6, 6.07) is 0. The minimum Gasteiger partial charge on any atom is -0.394 e. The maximum Gasteiger partial charge on any atom is 0.166 e. The highest BCUT2D eigenvalue weighted by Crippen LogP contribution is 2.39. The molecule has 4 atom stereocenters. The lowest BCUT2D eigenvalue weighted by Gasteiger charge is -2.18. The van der Waals surface area contributed by atoms with Crippen LogP contribution >= 0.6 is 11.8 Å². The SMILES string of the molecule is CSc1ncnc2c1c1c(N)ncnc1n2C1OC(CO)C(O)C1O. The van der Waals surface area contributed by atoms with Gasteiger partial charge in [0.15, 0.2) is 6.23 Å². The van der Waals surface area contributed by atoms with Crippen LogP contribution in [0.4, 0.5) is 5.82 Å². The number of thioether (sulfide) groups is 1. The third-order valence-corrected chi connectivity index (χ3v) is 5.02. The average molecular weight is 364 g/mol. The molecule has 11 heteroatoms. The lowest BCUT2D eigenvalue weighted by molar-refractivity contribution is -0.0492. The first-order valence-corrected chi connectivity index (χ1v) is 8.72. The van der Waals surface area contributed by atoms with E-state index in [0.717, 1.165) is 0 Å². The lowest BCUT2D eigenvalue weighted by Crippen LogP contribution is -2.33. The fourth-order valence-corrected chi connectivity index (χ4v) is 3.71. The Morgan fingerprint density at radius 1 is 1.12 bits per heavy atom. The summed E-state index contributed by atoms with van der Waals surface area (Å²) in [4.78, 5) is 16.9. The second-order valence-electron chi connectivity index (χ2n) is 5.64. The summed E-state index contributed by atoms with van der Waals surface area (Å²) >= 11 is 1.42. The van der Waals surface area contributed by atoms with E-state index in [4.69, 9.17) is 10.5 Å². The number of nitrogens with zero attached hydrogens (tertiary/aromatic N) is 5. The van der Waals surface area contributed by atoms with E-state index < -0.39 is 31.1 Å². The molecule has 0 bridgehead atoms. The van der Waals surface area contributed by atoms with E-state index in [1.165, 1.54) is 24.4 Å². The van der Waals surface area contributed by atoms with Crippen LogP contribution in [-0.4, -0.2) is 71.0 Å². The molecule has 0 amide bonds. The minimum atomic E-state index is -1.26. The van der Waals surface area contributed by atoms with Gasteiger partial charge in [0, 0.05) is 0 Å². The van der Waals surface area contributed by atoms with Crippen molar-refractivity contribution in [3.63, 3.8) is 0 Å². The van der Waals surface area contributed by atoms with Crippen LogP contribution in [0.15, 0.2) is 17.7 Å². The third kappa shape index (κ3) is 2.28. The normalized spacial score (nSPS) is 26.7. The number of hydrogen-bond donors (Lipinski definition) is 4. The van der Waals surface area contributed by atoms with Gasteiger partial charge in [0.1, 0.15) is 53.1 Å². The number of aliphatic hydroxyl groups excluding tert-OH is 3. The topological polar surface area (TPSA) is 152 Å². The molecular weight excluding hydrogens is 348 g/mol. The highest BCUT2D eigenvalue weighted by atomic mass is 32.2. The van der Waals surface area contributed by atoms with Gasteiger partial charge in [-0.2, -0.15) is 0 Å². The molecular formula is C14H16N6O4S. The highest BCUT2D eigenvalue weighted by molar-refractivity contribution is 7.98. The van der Waals surface area contributed by atoms with Crippen molar-refractivity contribution < 1.29 is 20.1 Å². The van der Waals surface area contributed by atoms with Crippen LogP contribution in [0.2, 0.25) is 0 Å². The van der Waals surface area contributed by atoms with E-state index in [1.54, 1.807) is 4.57 Å². The summed E-state index contributed by atoms with van der Waals surface area (Å²) in [7, 11) is 0. The van der Waals surface area contributed by atoms with Gasteiger partial charge in [-0.3, -0.25) is 4.57 Å². The summed E-state index contributed by atoms with van der Waals surface area (Å²) in [5, 5.41) is 31.7. The molecule has 0 aromatic carbocycles. The predicted molar refractivity (Wildman–Crippen MR) is 89.8 cm³/mol. The fraction of sp³-hybridized carbons (Fsp3) is 0.429. The number of nitrogens with two attached hydrogens (primary N) is 1. The van der Waals surface area contributed by atoms with Crippen molar-refractivity contribution in [1.29, 1.82) is 0 Å². The molecule has 4 heterocycles. The maximum absolute atomic E-state index is 10.4. The number of fused-ring (bicyclic) bond motifs is 3. The standard InChI is InChI=1S/C14H16N6O4S/c1-25-13-7-6-10(15)16-3-17-11(6)20(12(7)18-4-19-13)14-9(23)8(22)5(2-21)24-14/h3-5,8-9,14,21-23H,2H2,1H3,(H2,15,16,17). The molecule has 3 aromatic rings. The van der Waals surface area contributed by atoms with Crippen molar-refractivity contribution in [2.24, 2.45) is 0 Å². The minimum absolute atomic E-state index is 0.255. The van der Waals surface area contributed by atoms with Crippen molar-refractivity contribution in [3.8, 4) is 0 Å². The van der Waals surface area contributed by atoms with E-state index in [-0.39, 0.29) is 5.82 Å². The molecule has 1 fully saturated rings. The van der Waals surface area contributed by atoms with Gasteiger partial charge >= 0.3 is 0 Å². The van der Waals surface area contributed by atoms with Crippen LogP contribution in [0.3, 0.4) is 0 Å². The molecule has 1 saturated heterocycles. The molecule has 4 unspecified atom stereocenters. The molecule has 0 aliphatic carbocycles.